The second kappa shape index (κ2) is 9.32. The highest BCUT2D eigenvalue weighted by Gasteiger charge is 2.60. The highest BCUT2D eigenvalue weighted by molar-refractivity contribution is 7.11. The minimum absolute atomic E-state index is 0.0718. The second-order valence-corrected chi connectivity index (χ2v) is 9.77. The molecule has 0 bridgehead atoms. The Morgan fingerprint density at radius 3 is 2.89 bits per heavy atom. The Hall–Kier alpha value is -3.25. The Morgan fingerprint density at radius 2 is 2.17 bits per heavy atom. The number of carbonyl (C=O) groups excluding carboxylic acids is 2. The highest BCUT2D eigenvalue weighted by Crippen LogP contribution is 2.42. The van der Waals surface area contributed by atoms with Crippen LogP contribution in [0, 0.1) is 18.7 Å². The molecule has 2 fully saturated rings. The number of nitrogens with zero attached hydrogens (tertiary/aromatic N) is 3. The number of nitrogens with one attached hydrogen (secondary N) is 2. The van der Waals surface area contributed by atoms with E-state index in [1.807, 2.05) is 0 Å². The van der Waals surface area contributed by atoms with Crippen LogP contribution in [0.5, 0.6) is 0 Å². The van der Waals surface area contributed by atoms with E-state index in [4.69, 9.17) is 9.73 Å². The predicted octanol–water partition coefficient (Wildman–Crippen LogP) is 2.56. The number of amidine groups is 1. The maximum absolute atomic E-state index is 14.8. The van der Waals surface area contributed by atoms with E-state index < -0.39 is 48.2 Å². The summed E-state index contributed by atoms with van der Waals surface area (Å²) < 4.78 is 49.4. The van der Waals surface area contributed by atoms with E-state index in [1.54, 1.807) is 31.5 Å². The minimum atomic E-state index is -3.08. The molecule has 36 heavy (non-hydrogen) atoms. The molecule has 0 radical (unpaired) electrons. The van der Waals surface area contributed by atoms with Crippen LogP contribution >= 0.6 is 11.3 Å². The second-order valence-electron chi connectivity index (χ2n) is 8.87. The van der Waals surface area contributed by atoms with Gasteiger partial charge < -0.3 is 15.4 Å². The molecule has 8 nitrogen and oxygen atoms in total. The number of hydrogen-bond acceptors (Lipinski definition) is 8. The molecular formula is C24H24F3N5O3S. The van der Waals surface area contributed by atoms with Crippen LogP contribution in [0.2, 0.25) is 0 Å². The van der Waals surface area contributed by atoms with Gasteiger partial charge in [0.25, 0.3) is 5.92 Å². The maximum atomic E-state index is 14.8. The number of carbonyl (C=O) groups is 2. The molecule has 12 heteroatoms. The van der Waals surface area contributed by atoms with Crippen molar-refractivity contribution in [1.82, 2.24) is 20.5 Å². The zero-order chi connectivity index (χ0) is 25.6. The summed E-state index contributed by atoms with van der Waals surface area (Å²) in [6.45, 7) is 2.40. The summed E-state index contributed by atoms with van der Waals surface area (Å²) in [5.74, 6) is -5.56. The Balaban J connectivity index is 1.63. The number of amides is 1. The summed E-state index contributed by atoms with van der Waals surface area (Å²) in [5.41, 5.74) is 1.08. The molecule has 5 rings (SSSR count). The van der Waals surface area contributed by atoms with Gasteiger partial charge in [-0.1, -0.05) is 12.1 Å². The van der Waals surface area contributed by atoms with Gasteiger partial charge in [-0.3, -0.25) is 14.7 Å². The van der Waals surface area contributed by atoms with Crippen molar-refractivity contribution >= 4 is 29.0 Å². The van der Waals surface area contributed by atoms with Crippen LogP contribution in [0.15, 0.2) is 46.0 Å². The zero-order valence-corrected chi connectivity index (χ0v) is 20.4. The summed E-state index contributed by atoms with van der Waals surface area (Å²) in [5, 5.41) is 7.87. The topological polar surface area (TPSA) is 95.9 Å². The Labute approximate surface area is 209 Å². The lowest BCUT2D eigenvalue weighted by Crippen LogP contribution is -2.44. The summed E-state index contributed by atoms with van der Waals surface area (Å²) >= 11 is 1.30. The minimum Gasteiger partial charge on any atom is -0.463 e. The molecule has 2 N–H and O–H groups in total. The number of fused-ring (bicyclic) bond motifs is 1. The lowest BCUT2D eigenvalue weighted by molar-refractivity contribution is -0.139. The molecule has 1 aromatic carbocycles. The van der Waals surface area contributed by atoms with Crippen LogP contribution in [-0.4, -0.2) is 65.8 Å². The molecule has 4 heterocycles. The van der Waals surface area contributed by atoms with Crippen molar-refractivity contribution in [3.8, 4) is 0 Å². The number of aromatic nitrogens is 1. The van der Waals surface area contributed by atoms with E-state index in [2.05, 4.69) is 15.6 Å². The van der Waals surface area contributed by atoms with Crippen LogP contribution in [0.4, 0.5) is 13.2 Å². The first kappa shape index (κ1) is 24.4. The van der Waals surface area contributed by atoms with Gasteiger partial charge in [0, 0.05) is 30.4 Å². The van der Waals surface area contributed by atoms with Crippen LogP contribution in [0.25, 0.3) is 0 Å². The van der Waals surface area contributed by atoms with Crippen molar-refractivity contribution < 1.29 is 27.5 Å². The van der Waals surface area contributed by atoms with Crippen molar-refractivity contribution in [2.24, 2.45) is 10.9 Å². The fourth-order valence-corrected chi connectivity index (χ4v) is 5.61. The summed E-state index contributed by atoms with van der Waals surface area (Å²) in [4.78, 5) is 36.0. The van der Waals surface area contributed by atoms with Gasteiger partial charge >= 0.3 is 5.97 Å². The van der Waals surface area contributed by atoms with Crippen molar-refractivity contribution in [3.05, 3.63) is 63.0 Å². The molecule has 0 unspecified atom stereocenters. The van der Waals surface area contributed by atoms with Crippen molar-refractivity contribution in [2.75, 3.05) is 26.2 Å². The number of rotatable bonds is 6. The number of halogens is 3. The van der Waals surface area contributed by atoms with Gasteiger partial charge in [-0.2, -0.15) is 0 Å². The largest absolute Gasteiger partial charge is 0.463 e. The van der Waals surface area contributed by atoms with E-state index in [-0.39, 0.29) is 31.0 Å². The molecule has 1 amide bonds. The number of thiazole rings is 1. The van der Waals surface area contributed by atoms with Gasteiger partial charge in [0.2, 0.25) is 5.91 Å². The lowest BCUT2D eigenvalue weighted by Gasteiger charge is -2.31. The summed E-state index contributed by atoms with van der Waals surface area (Å²) in [6.07, 6.45) is 1.59. The zero-order valence-electron chi connectivity index (χ0n) is 19.6. The molecule has 2 aromatic rings. The van der Waals surface area contributed by atoms with Crippen LogP contribution in [0.1, 0.15) is 29.1 Å². The normalized spacial score (nSPS) is 25.3. The van der Waals surface area contributed by atoms with E-state index in [1.165, 1.54) is 28.4 Å². The fourth-order valence-electron chi connectivity index (χ4n) is 5.02. The van der Waals surface area contributed by atoms with Crippen LogP contribution in [0.3, 0.4) is 0 Å². The molecule has 0 saturated carbocycles. The van der Waals surface area contributed by atoms with Gasteiger partial charge in [-0.25, -0.2) is 22.9 Å². The monoisotopic (exact) mass is 519 g/mol. The molecule has 0 spiro atoms. The molecule has 3 aliphatic rings. The quantitative estimate of drug-likeness (QED) is 0.570. The number of benzene rings is 1. The average Bonchev–Trinajstić information content (AvgIpc) is 3.55. The Morgan fingerprint density at radius 1 is 1.36 bits per heavy atom. The summed E-state index contributed by atoms with van der Waals surface area (Å²) in [7, 11) is 0. The Bertz CT molecular complexity index is 1260. The number of ether oxygens (including phenoxy) is 1. The van der Waals surface area contributed by atoms with Crippen molar-refractivity contribution in [2.45, 2.75) is 31.9 Å². The fraction of sp³-hybridized carbons (Fsp3) is 0.417. The number of esters is 1. The molecule has 2 saturated heterocycles. The third-order valence-corrected chi connectivity index (χ3v) is 7.50. The third-order valence-electron chi connectivity index (χ3n) is 6.72. The molecule has 3 atom stereocenters. The maximum Gasteiger partial charge on any atom is 0.338 e. The van der Waals surface area contributed by atoms with Gasteiger partial charge in [0.1, 0.15) is 17.9 Å². The van der Waals surface area contributed by atoms with E-state index in [0.717, 1.165) is 0 Å². The molecule has 3 aliphatic heterocycles. The van der Waals surface area contributed by atoms with E-state index >= 15 is 0 Å². The molecular weight excluding hydrogens is 495 g/mol. The Kier molecular flexibility index (Phi) is 6.33. The molecule has 0 aliphatic carbocycles. The first-order valence-electron chi connectivity index (χ1n) is 11.5. The third kappa shape index (κ3) is 4.17. The van der Waals surface area contributed by atoms with Gasteiger partial charge in [-0.15, -0.1) is 11.3 Å². The summed E-state index contributed by atoms with van der Waals surface area (Å²) in [6, 6.07) is 2.50. The van der Waals surface area contributed by atoms with Gasteiger partial charge in [-0.05, 0) is 31.0 Å². The van der Waals surface area contributed by atoms with E-state index in [9.17, 15) is 22.8 Å². The number of aliphatic imine (C=N–C) groups is 1. The van der Waals surface area contributed by atoms with Crippen molar-refractivity contribution in [1.29, 1.82) is 0 Å². The van der Waals surface area contributed by atoms with Gasteiger partial charge in [0.15, 0.2) is 10.8 Å². The number of hydrogen-bond donors (Lipinski definition) is 2. The van der Waals surface area contributed by atoms with Crippen molar-refractivity contribution in [3.63, 3.8) is 0 Å². The van der Waals surface area contributed by atoms with Crippen LogP contribution < -0.4 is 10.6 Å². The molecule has 190 valence electrons. The highest BCUT2D eigenvalue weighted by atomic mass is 32.1. The number of likely N-dealkylation sites (tertiary alicyclic amines) is 1. The first-order chi connectivity index (χ1) is 17.2. The SMILES string of the molecule is CCOC(=O)C1=C(CN2CC(F)(F)[C@@H]3CNC(=O)[C@@H]32)NC(c2nccs2)=N[C@H]1c1cccc(F)c1C. The molecule has 1 aromatic heterocycles. The standard InChI is InChI=1S/C24H24F3N5O3S/c1-3-35-23(34)17-16(10-32-11-24(26,27)14-9-29-21(33)19(14)32)30-20(22-28-7-8-36-22)31-18(17)13-5-4-6-15(25)12(13)2/h4-8,14,18-19H,3,9-11H2,1-2H3,(H,29,33)(H,30,31)/t14-,18+,19-/m1/s1. The van der Waals surface area contributed by atoms with E-state index in [0.29, 0.717) is 22.0 Å². The first-order valence-corrected chi connectivity index (χ1v) is 12.4. The number of alkyl halides is 2. The van der Waals surface area contributed by atoms with Gasteiger partial charge in [0.05, 0.1) is 24.6 Å². The predicted molar refractivity (Wildman–Crippen MR) is 126 cm³/mol. The lowest BCUT2D eigenvalue weighted by atomic mass is 9.92. The smallest absolute Gasteiger partial charge is 0.338 e. The average molecular weight is 520 g/mol. The van der Waals surface area contributed by atoms with Crippen LogP contribution in [-0.2, 0) is 14.3 Å².